The topological polar surface area (TPSA) is 96.3 Å². The first kappa shape index (κ1) is 20.4. The molecule has 1 N–H and O–H groups in total. The number of ether oxygens (including phenoxy) is 1. The Labute approximate surface area is 153 Å². The first-order chi connectivity index (χ1) is 12.6. The molecule has 0 saturated heterocycles. The van der Waals surface area contributed by atoms with Gasteiger partial charge in [-0.3, -0.25) is 4.79 Å². The fraction of sp³-hybridized carbons (Fsp3) is 0.176. The molecule has 6 nitrogen and oxygen atoms in total. The van der Waals surface area contributed by atoms with Crippen LogP contribution in [0.4, 0.5) is 13.2 Å². The van der Waals surface area contributed by atoms with E-state index in [2.05, 4.69) is 0 Å². The summed E-state index contributed by atoms with van der Waals surface area (Å²) in [6, 6.07) is 11.4. The molecule has 142 valence electrons. The number of esters is 1. The van der Waals surface area contributed by atoms with Gasteiger partial charge in [0.15, 0.2) is 0 Å². The number of carbonyl (C=O) groups is 1. The highest BCUT2D eigenvalue weighted by molar-refractivity contribution is 7.89. The molecule has 0 unspecified atom stereocenters. The third kappa shape index (κ3) is 5.54. The van der Waals surface area contributed by atoms with Gasteiger partial charge in [-0.1, -0.05) is 18.2 Å². The predicted molar refractivity (Wildman–Crippen MR) is 87.6 cm³/mol. The molecule has 0 aromatic heterocycles. The van der Waals surface area contributed by atoms with E-state index >= 15 is 0 Å². The summed E-state index contributed by atoms with van der Waals surface area (Å²) in [4.78, 5) is 11.5. The van der Waals surface area contributed by atoms with Crippen molar-refractivity contribution < 1.29 is 31.1 Å². The maximum Gasteiger partial charge on any atom is 0.416 e. The lowest BCUT2D eigenvalue weighted by molar-refractivity contribution is -0.146. The highest BCUT2D eigenvalue weighted by Crippen LogP contribution is 2.32. The molecule has 0 atom stereocenters. The fourth-order valence-corrected chi connectivity index (χ4v) is 3.05. The molecule has 27 heavy (non-hydrogen) atoms. The molecule has 0 aliphatic rings. The first-order valence-electron chi connectivity index (χ1n) is 7.44. The Morgan fingerprint density at radius 3 is 2.33 bits per heavy atom. The minimum absolute atomic E-state index is 0.170. The smallest absolute Gasteiger partial charge is 0.416 e. The highest BCUT2D eigenvalue weighted by Gasteiger charge is 2.33. The second-order valence-electron chi connectivity index (χ2n) is 5.28. The number of hydrogen-bond donors (Lipinski definition) is 1. The van der Waals surface area contributed by atoms with E-state index in [4.69, 9.17) is 10.00 Å². The average Bonchev–Trinajstić information content (AvgIpc) is 2.64. The van der Waals surface area contributed by atoms with E-state index in [1.807, 2.05) is 10.8 Å². The van der Waals surface area contributed by atoms with Gasteiger partial charge >= 0.3 is 12.1 Å². The number of benzene rings is 2. The second kappa shape index (κ2) is 8.20. The van der Waals surface area contributed by atoms with Gasteiger partial charge in [-0.2, -0.15) is 23.2 Å². The van der Waals surface area contributed by atoms with Crippen LogP contribution in [0, 0.1) is 11.3 Å². The summed E-state index contributed by atoms with van der Waals surface area (Å²) < 4.78 is 69.4. The summed E-state index contributed by atoms with van der Waals surface area (Å²) >= 11 is 0. The van der Waals surface area contributed by atoms with Gasteiger partial charge in [-0.25, -0.2) is 8.42 Å². The van der Waals surface area contributed by atoms with Gasteiger partial charge in [0.2, 0.25) is 10.0 Å². The molecule has 2 aromatic rings. The molecule has 0 aliphatic carbocycles. The standard InChI is InChI=1S/C17H13F3N2O4S/c18-17(19,20)15-4-2-1-3-13(15)11-26-16(23)10-22-27(24,25)14-7-5-12(9-21)6-8-14/h1-8,22H,10-11H2. The average molecular weight is 398 g/mol. The van der Waals surface area contributed by atoms with Gasteiger partial charge < -0.3 is 4.74 Å². The summed E-state index contributed by atoms with van der Waals surface area (Å²) in [6.45, 7) is -1.40. The van der Waals surface area contributed by atoms with Crippen molar-refractivity contribution in [3.63, 3.8) is 0 Å². The third-order valence-electron chi connectivity index (χ3n) is 3.41. The number of halogens is 3. The molecule has 2 rings (SSSR count). The normalized spacial score (nSPS) is 11.6. The number of nitrogens with one attached hydrogen (secondary N) is 1. The van der Waals surface area contributed by atoms with Gasteiger partial charge in [0.25, 0.3) is 0 Å². The highest BCUT2D eigenvalue weighted by atomic mass is 32.2. The summed E-state index contributed by atoms with van der Waals surface area (Å²) in [7, 11) is -4.03. The van der Waals surface area contributed by atoms with Gasteiger partial charge in [-0.05, 0) is 30.3 Å². The van der Waals surface area contributed by atoms with Crippen molar-refractivity contribution in [2.45, 2.75) is 17.7 Å². The molecular formula is C17H13F3N2O4S. The van der Waals surface area contributed by atoms with Crippen LogP contribution in [0.15, 0.2) is 53.4 Å². The third-order valence-corrected chi connectivity index (χ3v) is 4.83. The Hall–Kier alpha value is -2.90. The number of nitriles is 1. The summed E-state index contributed by atoms with van der Waals surface area (Å²) in [6.07, 6.45) is -4.60. The van der Waals surface area contributed by atoms with Gasteiger partial charge in [0.1, 0.15) is 13.2 Å². The first-order valence-corrected chi connectivity index (χ1v) is 8.92. The Morgan fingerprint density at radius 2 is 1.74 bits per heavy atom. The van der Waals surface area contributed by atoms with Crippen LogP contribution < -0.4 is 4.72 Å². The van der Waals surface area contributed by atoms with E-state index in [0.29, 0.717) is 0 Å². The van der Waals surface area contributed by atoms with E-state index in [9.17, 15) is 26.4 Å². The molecule has 0 amide bonds. The van der Waals surface area contributed by atoms with Crippen molar-refractivity contribution in [2.24, 2.45) is 0 Å². The van der Waals surface area contributed by atoms with Crippen LogP contribution >= 0.6 is 0 Å². The Bertz CT molecular complexity index is 965. The number of nitrogens with zero attached hydrogens (tertiary/aromatic N) is 1. The fourth-order valence-electron chi connectivity index (χ4n) is 2.08. The molecule has 0 aliphatic heterocycles. The Kier molecular flexibility index (Phi) is 6.20. The second-order valence-corrected chi connectivity index (χ2v) is 7.04. The SMILES string of the molecule is N#Cc1ccc(S(=O)(=O)NCC(=O)OCc2ccccc2C(F)(F)F)cc1. The molecule has 2 aromatic carbocycles. The zero-order valence-electron chi connectivity index (χ0n) is 13.7. The minimum Gasteiger partial charge on any atom is -0.460 e. The van der Waals surface area contributed by atoms with Crippen molar-refractivity contribution in [3.05, 3.63) is 65.2 Å². The molecular weight excluding hydrogens is 385 g/mol. The quantitative estimate of drug-likeness (QED) is 0.755. The van der Waals surface area contributed by atoms with Crippen LogP contribution in [0.25, 0.3) is 0 Å². The maximum absolute atomic E-state index is 12.9. The Balaban J connectivity index is 1.96. The number of carbonyl (C=O) groups excluding carboxylic acids is 1. The van der Waals surface area contributed by atoms with Crippen LogP contribution in [-0.4, -0.2) is 20.9 Å². The van der Waals surface area contributed by atoms with Crippen molar-refractivity contribution in [1.82, 2.24) is 4.72 Å². The van der Waals surface area contributed by atoms with E-state index in [-0.39, 0.29) is 16.0 Å². The van der Waals surface area contributed by atoms with E-state index in [1.54, 1.807) is 0 Å². The summed E-state index contributed by atoms with van der Waals surface area (Å²) in [5.41, 5.74) is -0.916. The Morgan fingerprint density at radius 1 is 1.11 bits per heavy atom. The van der Waals surface area contributed by atoms with Crippen LogP contribution in [0.3, 0.4) is 0 Å². The molecule has 0 fully saturated rings. The molecule has 0 heterocycles. The maximum atomic E-state index is 12.9. The zero-order valence-corrected chi connectivity index (χ0v) is 14.5. The zero-order chi connectivity index (χ0) is 20.1. The van der Waals surface area contributed by atoms with Crippen molar-refractivity contribution in [1.29, 1.82) is 5.26 Å². The van der Waals surface area contributed by atoms with Crippen molar-refractivity contribution in [3.8, 4) is 6.07 Å². The number of alkyl halides is 3. The lowest BCUT2D eigenvalue weighted by Gasteiger charge is -2.13. The summed E-state index contributed by atoms with van der Waals surface area (Å²) in [5, 5.41) is 8.68. The van der Waals surface area contributed by atoms with E-state index in [1.165, 1.54) is 36.4 Å². The minimum atomic E-state index is -4.60. The van der Waals surface area contributed by atoms with Crippen LogP contribution in [0.2, 0.25) is 0 Å². The van der Waals surface area contributed by atoms with Gasteiger partial charge in [-0.15, -0.1) is 0 Å². The predicted octanol–water partition coefficient (Wildman–Crippen LogP) is 2.60. The van der Waals surface area contributed by atoms with Crippen LogP contribution in [0.1, 0.15) is 16.7 Å². The van der Waals surface area contributed by atoms with Gasteiger partial charge in [0.05, 0.1) is 22.1 Å². The lowest BCUT2D eigenvalue weighted by atomic mass is 10.1. The number of rotatable bonds is 6. The van der Waals surface area contributed by atoms with Crippen LogP contribution in [-0.2, 0) is 32.3 Å². The van der Waals surface area contributed by atoms with Crippen molar-refractivity contribution >= 4 is 16.0 Å². The number of hydrogen-bond acceptors (Lipinski definition) is 5. The number of sulfonamides is 1. The van der Waals surface area contributed by atoms with Crippen LogP contribution in [0.5, 0.6) is 0 Å². The summed E-state index contributed by atoms with van der Waals surface area (Å²) in [5.74, 6) is -1.04. The molecule has 10 heteroatoms. The molecule has 0 saturated carbocycles. The van der Waals surface area contributed by atoms with E-state index < -0.39 is 40.9 Å². The molecule has 0 radical (unpaired) electrons. The van der Waals surface area contributed by atoms with Crippen molar-refractivity contribution in [2.75, 3.05) is 6.54 Å². The molecule has 0 bridgehead atoms. The van der Waals surface area contributed by atoms with Gasteiger partial charge in [0, 0.05) is 5.56 Å². The largest absolute Gasteiger partial charge is 0.460 e. The van der Waals surface area contributed by atoms with E-state index in [0.717, 1.165) is 12.1 Å². The molecule has 0 spiro atoms. The lowest BCUT2D eigenvalue weighted by Crippen LogP contribution is -2.30. The monoisotopic (exact) mass is 398 g/mol.